The third kappa shape index (κ3) is 6.11. The summed E-state index contributed by atoms with van der Waals surface area (Å²) in [5, 5.41) is 7.52. The molecule has 1 heterocycles. The number of halogens is 3. The molecule has 1 aliphatic heterocycles. The minimum atomic E-state index is -5.46. The van der Waals surface area contributed by atoms with Crippen molar-refractivity contribution in [3.8, 4) is 6.19 Å². The van der Waals surface area contributed by atoms with Crippen LogP contribution < -0.4 is 4.72 Å². The fourth-order valence-corrected chi connectivity index (χ4v) is 2.22. The van der Waals surface area contributed by atoms with E-state index in [1.165, 1.54) is 43.4 Å². The summed E-state index contributed by atoms with van der Waals surface area (Å²) >= 11 is 0. The Hall–Kier alpha value is -1.01. The van der Waals surface area contributed by atoms with Crippen LogP contribution in [0.1, 0.15) is 26.2 Å². The van der Waals surface area contributed by atoms with Crippen LogP contribution in [0.15, 0.2) is 0 Å². The normalized spacial score (nSPS) is 18.1. The molecule has 0 saturated carbocycles. The molecule has 0 bridgehead atoms. The zero-order valence-corrected chi connectivity index (χ0v) is 11.8. The molecule has 19 heavy (non-hydrogen) atoms. The van der Waals surface area contributed by atoms with Crippen LogP contribution in [0, 0.1) is 11.5 Å². The Balaban J connectivity index is 0.000000342. The molecule has 0 unspecified atom stereocenters. The fourth-order valence-electron chi connectivity index (χ4n) is 1.98. The quantitative estimate of drug-likeness (QED) is 0.488. The van der Waals surface area contributed by atoms with Gasteiger partial charge >= 0.3 is 15.5 Å². The number of rotatable bonds is 3. The smallest absolute Gasteiger partial charge is 0.326 e. The van der Waals surface area contributed by atoms with Crippen LogP contribution in [0.2, 0.25) is 0 Å². The Morgan fingerprint density at radius 2 is 1.79 bits per heavy atom. The van der Waals surface area contributed by atoms with Gasteiger partial charge in [0.15, 0.2) is 6.19 Å². The van der Waals surface area contributed by atoms with Gasteiger partial charge in [-0.1, -0.05) is 6.92 Å². The van der Waals surface area contributed by atoms with Gasteiger partial charge in [-0.15, -0.1) is 0 Å². The lowest BCUT2D eigenvalue weighted by atomic mass is 10.4. The van der Waals surface area contributed by atoms with E-state index in [0.29, 0.717) is 10.9 Å². The van der Waals surface area contributed by atoms with E-state index in [1.807, 2.05) is 0 Å². The molecule has 1 N–H and O–H groups in total. The van der Waals surface area contributed by atoms with Crippen LogP contribution in [0.5, 0.6) is 0 Å². The van der Waals surface area contributed by atoms with Gasteiger partial charge in [0.25, 0.3) is 0 Å². The molecule has 1 aliphatic rings. The molecule has 112 valence electrons. The van der Waals surface area contributed by atoms with Crippen molar-refractivity contribution in [2.45, 2.75) is 31.7 Å². The summed E-state index contributed by atoms with van der Waals surface area (Å²) in [7, 11) is -3.07. The van der Waals surface area contributed by atoms with Crippen LogP contribution in [0.25, 0.3) is 0 Å². The summed E-state index contributed by atoms with van der Waals surface area (Å²) in [6.07, 6.45) is 4.91. The first-order valence-electron chi connectivity index (χ1n) is 5.89. The van der Waals surface area contributed by atoms with Crippen molar-refractivity contribution in [1.29, 1.82) is 5.26 Å². The van der Waals surface area contributed by atoms with Gasteiger partial charge in [0.05, 0.1) is 26.7 Å². The monoisotopic (exact) mass is 302 g/mol. The predicted molar refractivity (Wildman–Crippen MR) is 64.0 cm³/mol. The van der Waals surface area contributed by atoms with Gasteiger partial charge < -0.3 is 4.48 Å². The highest BCUT2D eigenvalue weighted by atomic mass is 32.2. The maximum atomic E-state index is 11.2. The van der Waals surface area contributed by atoms with E-state index in [9.17, 15) is 21.6 Å². The van der Waals surface area contributed by atoms with Gasteiger partial charge in [0.2, 0.25) is 0 Å². The fraction of sp³-hybridized carbons (Fsp3) is 0.900. The van der Waals surface area contributed by atoms with Crippen LogP contribution in [-0.4, -0.2) is 45.1 Å². The van der Waals surface area contributed by atoms with Gasteiger partial charge in [-0.25, -0.2) is 4.72 Å². The molecule has 0 aromatic heterocycles. The van der Waals surface area contributed by atoms with Gasteiger partial charge in [0.1, 0.15) is 0 Å². The van der Waals surface area contributed by atoms with Gasteiger partial charge in [-0.05, 0) is 6.42 Å². The number of hydrogen-bond acceptors (Lipinski definition) is 3. The second kappa shape index (κ2) is 6.96. The number of alkyl halides is 3. The number of quaternary nitrogens is 1. The van der Waals surface area contributed by atoms with Crippen LogP contribution in [-0.2, 0) is 10.0 Å². The average Bonchev–Trinajstić information content (AvgIpc) is 2.64. The molecular formula is C10H19F3N3O2S+. The lowest BCUT2D eigenvalue weighted by Gasteiger charge is -2.28. The number of nitrogens with zero attached hydrogens (tertiary/aromatic N) is 2. The summed E-state index contributed by atoms with van der Waals surface area (Å²) < 4.78 is 55.2. The number of nitriles is 1. The van der Waals surface area contributed by atoms with Crippen LogP contribution in [0.3, 0.4) is 0 Å². The van der Waals surface area contributed by atoms with E-state index >= 15 is 0 Å². The van der Waals surface area contributed by atoms with E-state index in [1.54, 1.807) is 0 Å². The Bertz CT molecular complexity index is 409. The number of likely N-dealkylation sites (tertiary alicyclic amines) is 1. The molecule has 9 heteroatoms. The molecule has 1 rings (SSSR count). The second-order valence-corrected chi connectivity index (χ2v) is 6.33. The molecule has 0 atom stereocenters. The standard InChI is InChI=1S/C8H18N.C2HF3N2O2S/c1-3-6-9(2)7-4-5-8-9;3-2(4,5)10(8,9)7-1-6/h3-8H2,1-2H3;7H/q+1;. The molecule has 0 spiro atoms. The van der Waals surface area contributed by atoms with E-state index in [-0.39, 0.29) is 0 Å². The summed E-state index contributed by atoms with van der Waals surface area (Å²) in [6, 6.07) is 0. The van der Waals surface area contributed by atoms with Gasteiger partial charge in [0, 0.05) is 12.8 Å². The van der Waals surface area contributed by atoms with Crippen molar-refractivity contribution in [1.82, 2.24) is 4.72 Å². The summed E-state index contributed by atoms with van der Waals surface area (Å²) in [6.45, 7) is 6.52. The zero-order valence-electron chi connectivity index (χ0n) is 11.0. The Labute approximate surface area is 111 Å². The van der Waals surface area contributed by atoms with Gasteiger partial charge in [-0.3, -0.25) is 0 Å². The zero-order chi connectivity index (χ0) is 15.2. The third-order valence-corrected chi connectivity index (χ3v) is 3.86. The largest absolute Gasteiger partial charge is 0.517 e. The molecule has 0 aliphatic carbocycles. The van der Waals surface area contributed by atoms with Crippen LogP contribution in [0.4, 0.5) is 13.2 Å². The Kier molecular flexibility index (Phi) is 6.59. The first-order chi connectivity index (χ1) is 8.58. The highest BCUT2D eigenvalue weighted by Gasteiger charge is 2.45. The van der Waals surface area contributed by atoms with Gasteiger partial charge in [-0.2, -0.15) is 26.9 Å². The highest BCUT2D eigenvalue weighted by Crippen LogP contribution is 2.20. The summed E-state index contributed by atoms with van der Waals surface area (Å²) in [4.78, 5) is 0. The molecule has 0 amide bonds. The SMILES string of the molecule is CCC[N+]1(C)CCCC1.N#CNS(=O)(=O)C(F)(F)F. The summed E-state index contributed by atoms with van der Waals surface area (Å²) in [5.41, 5.74) is -5.41. The molecule has 0 aromatic rings. The maximum absolute atomic E-state index is 11.2. The van der Waals surface area contributed by atoms with Crippen molar-refractivity contribution >= 4 is 10.0 Å². The van der Waals surface area contributed by atoms with Crippen molar-refractivity contribution in [3.63, 3.8) is 0 Å². The molecule has 1 saturated heterocycles. The third-order valence-electron chi connectivity index (χ3n) is 2.89. The highest BCUT2D eigenvalue weighted by molar-refractivity contribution is 7.90. The first-order valence-corrected chi connectivity index (χ1v) is 7.37. The van der Waals surface area contributed by atoms with E-state index < -0.39 is 15.5 Å². The Morgan fingerprint density at radius 1 is 1.32 bits per heavy atom. The predicted octanol–water partition coefficient (Wildman–Crippen LogP) is 1.54. The number of sulfonamides is 1. The minimum absolute atomic E-state index is 0.615. The Morgan fingerprint density at radius 3 is 2.05 bits per heavy atom. The second-order valence-electron chi connectivity index (χ2n) is 4.66. The van der Waals surface area contributed by atoms with E-state index in [2.05, 4.69) is 14.0 Å². The number of hydrogen-bond donors (Lipinski definition) is 1. The molecule has 5 nitrogen and oxygen atoms in total. The van der Waals surface area contributed by atoms with E-state index in [4.69, 9.17) is 5.26 Å². The summed E-state index contributed by atoms with van der Waals surface area (Å²) in [5.74, 6) is 0. The molecule has 0 radical (unpaired) electrons. The van der Waals surface area contributed by atoms with Crippen molar-refractivity contribution in [2.75, 3.05) is 26.7 Å². The maximum Gasteiger partial charge on any atom is 0.517 e. The van der Waals surface area contributed by atoms with Crippen molar-refractivity contribution in [3.05, 3.63) is 0 Å². The molecule has 1 fully saturated rings. The minimum Gasteiger partial charge on any atom is -0.326 e. The molecule has 0 aromatic carbocycles. The van der Waals surface area contributed by atoms with Crippen LogP contribution >= 0.6 is 0 Å². The average molecular weight is 302 g/mol. The lowest BCUT2D eigenvalue weighted by Crippen LogP contribution is -2.41. The van der Waals surface area contributed by atoms with Crippen molar-refractivity contribution in [2.24, 2.45) is 0 Å². The lowest BCUT2D eigenvalue weighted by molar-refractivity contribution is -0.897. The first kappa shape index (κ1) is 18.0. The van der Waals surface area contributed by atoms with E-state index in [0.717, 1.165) is 0 Å². The number of nitrogens with one attached hydrogen (secondary N) is 1. The molecular weight excluding hydrogens is 283 g/mol. The van der Waals surface area contributed by atoms with Crippen molar-refractivity contribution < 1.29 is 26.1 Å². The topological polar surface area (TPSA) is 70.0 Å².